The van der Waals surface area contributed by atoms with Crippen LogP contribution >= 0.6 is 0 Å². The second-order valence-electron chi connectivity index (χ2n) is 8.63. The molecule has 0 bridgehead atoms. The van der Waals surface area contributed by atoms with E-state index < -0.39 is 17.5 Å². The number of benzene rings is 1. The lowest BCUT2D eigenvalue weighted by Gasteiger charge is -2.53. The molecule has 150 valence electrons. The summed E-state index contributed by atoms with van der Waals surface area (Å²) in [6, 6.07) is 6.22. The highest BCUT2D eigenvalue weighted by Gasteiger charge is 2.51. The van der Waals surface area contributed by atoms with Crippen molar-refractivity contribution in [2.75, 3.05) is 19.6 Å². The number of morpholine rings is 1. The third-order valence-electron chi connectivity index (χ3n) is 5.73. The molecule has 1 aromatic carbocycles. The average molecular weight is 380 g/mol. The van der Waals surface area contributed by atoms with Crippen LogP contribution in [-0.4, -0.2) is 58.9 Å². The zero-order valence-electron chi connectivity index (χ0n) is 16.7. The Morgan fingerprint density at radius 3 is 2.48 bits per heavy atom. The molecule has 1 aromatic rings. The molecule has 1 amide bonds. The number of amides is 1. The number of carbonyl (C=O) groups is 1. The predicted molar refractivity (Wildman–Crippen MR) is 101 cm³/mol. The van der Waals surface area contributed by atoms with Crippen LogP contribution in [0.2, 0.25) is 0 Å². The van der Waals surface area contributed by atoms with Gasteiger partial charge in [0.05, 0.1) is 12.1 Å². The molecule has 2 heterocycles. The maximum atomic E-state index is 14.8. The van der Waals surface area contributed by atoms with Gasteiger partial charge in [0, 0.05) is 25.6 Å². The van der Waals surface area contributed by atoms with Gasteiger partial charge in [-0.1, -0.05) is 12.1 Å². The molecular formula is C21H30F2N2O2. The lowest BCUT2D eigenvalue weighted by atomic mass is 9.85. The Hall–Kier alpha value is -1.53. The molecular weight excluding hydrogens is 350 g/mol. The summed E-state index contributed by atoms with van der Waals surface area (Å²) in [5.41, 5.74) is -0.618. The lowest BCUT2D eigenvalue weighted by Crippen LogP contribution is -2.66. The van der Waals surface area contributed by atoms with Gasteiger partial charge in [0.15, 0.2) is 6.30 Å². The Balaban J connectivity index is 1.64. The second-order valence-corrected chi connectivity index (χ2v) is 8.63. The first-order chi connectivity index (χ1) is 12.6. The van der Waals surface area contributed by atoms with Crippen LogP contribution in [0.3, 0.4) is 0 Å². The van der Waals surface area contributed by atoms with Crippen molar-refractivity contribution in [3.8, 4) is 0 Å². The lowest BCUT2D eigenvalue weighted by molar-refractivity contribution is -0.221. The Kier molecular flexibility index (Phi) is 5.59. The van der Waals surface area contributed by atoms with Crippen molar-refractivity contribution >= 4 is 5.91 Å². The number of ether oxygens (including phenoxy) is 1. The summed E-state index contributed by atoms with van der Waals surface area (Å²) >= 11 is 0. The smallest absolute Gasteiger partial charge is 0.254 e. The average Bonchev–Trinajstić information content (AvgIpc) is 2.58. The minimum Gasteiger partial charge on any atom is -0.357 e. The van der Waals surface area contributed by atoms with Gasteiger partial charge in [-0.05, 0) is 58.2 Å². The third-order valence-corrected chi connectivity index (χ3v) is 5.73. The van der Waals surface area contributed by atoms with Crippen molar-refractivity contribution in [1.29, 1.82) is 0 Å². The van der Waals surface area contributed by atoms with Crippen LogP contribution in [0, 0.1) is 5.82 Å². The van der Waals surface area contributed by atoms with Crippen molar-refractivity contribution in [3.05, 3.63) is 35.6 Å². The van der Waals surface area contributed by atoms with Crippen LogP contribution in [0.1, 0.15) is 46.1 Å². The molecule has 2 aliphatic rings. The number of rotatable bonds is 4. The van der Waals surface area contributed by atoms with E-state index in [-0.39, 0.29) is 24.2 Å². The molecule has 1 atom stereocenters. The van der Waals surface area contributed by atoms with Gasteiger partial charge < -0.3 is 9.64 Å². The SMILES string of the molecule is CC(C)N1CC2(CCN(C(F)Cc3cccc(F)c3)CC2)OC(C)(C)C1=O. The molecule has 1 spiro atoms. The van der Waals surface area contributed by atoms with Crippen LogP contribution in [0.15, 0.2) is 24.3 Å². The molecule has 0 radical (unpaired) electrons. The van der Waals surface area contributed by atoms with Crippen LogP contribution in [0.5, 0.6) is 0 Å². The number of hydrogen-bond donors (Lipinski definition) is 0. The molecule has 2 aliphatic heterocycles. The summed E-state index contributed by atoms with van der Waals surface area (Å²) in [6.45, 7) is 9.35. The number of nitrogens with zero attached hydrogens (tertiary/aromatic N) is 2. The molecule has 6 heteroatoms. The van der Waals surface area contributed by atoms with Crippen molar-refractivity contribution in [1.82, 2.24) is 9.80 Å². The number of halogens is 2. The van der Waals surface area contributed by atoms with Crippen molar-refractivity contribution in [3.63, 3.8) is 0 Å². The van der Waals surface area contributed by atoms with E-state index in [9.17, 15) is 13.6 Å². The van der Waals surface area contributed by atoms with Gasteiger partial charge in [0.25, 0.3) is 5.91 Å². The zero-order valence-corrected chi connectivity index (χ0v) is 16.7. The normalized spacial score (nSPS) is 23.8. The minimum atomic E-state index is -1.15. The fourth-order valence-corrected chi connectivity index (χ4v) is 4.22. The summed E-state index contributed by atoms with van der Waals surface area (Å²) in [5, 5.41) is 0. The van der Waals surface area contributed by atoms with Gasteiger partial charge in [0.2, 0.25) is 0 Å². The highest BCUT2D eigenvalue weighted by molar-refractivity contribution is 5.85. The highest BCUT2D eigenvalue weighted by Crippen LogP contribution is 2.38. The van der Waals surface area contributed by atoms with E-state index in [1.807, 2.05) is 32.6 Å². The maximum Gasteiger partial charge on any atom is 0.254 e. The van der Waals surface area contributed by atoms with E-state index in [0.29, 0.717) is 38.0 Å². The first-order valence-corrected chi connectivity index (χ1v) is 9.76. The van der Waals surface area contributed by atoms with E-state index >= 15 is 0 Å². The van der Waals surface area contributed by atoms with Crippen LogP contribution in [0.25, 0.3) is 0 Å². The number of piperidine rings is 1. The summed E-state index contributed by atoms with van der Waals surface area (Å²) < 4.78 is 34.4. The van der Waals surface area contributed by atoms with Gasteiger partial charge in [-0.2, -0.15) is 0 Å². The van der Waals surface area contributed by atoms with Gasteiger partial charge >= 0.3 is 0 Å². The molecule has 0 N–H and O–H groups in total. The van der Waals surface area contributed by atoms with Gasteiger partial charge in [-0.25, -0.2) is 8.78 Å². The second kappa shape index (κ2) is 7.47. The standard InChI is InChI=1S/C21H30F2N2O2/c1-15(2)25-14-21(27-20(3,4)19(25)26)8-10-24(11-9-21)18(23)13-16-6-5-7-17(22)12-16/h5-7,12,15,18H,8-11,13-14H2,1-4H3. The number of likely N-dealkylation sites (tertiary alicyclic amines) is 1. The Morgan fingerprint density at radius 1 is 1.22 bits per heavy atom. The largest absolute Gasteiger partial charge is 0.357 e. The molecule has 1 unspecified atom stereocenters. The molecule has 27 heavy (non-hydrogen) atoms. The van der Waals surface area contributed by atoms with Crippen molar-refractivity contribution in [2.45, 2.75) is 70.5 Å². The van der Waals surface area contributed by atoms with Crippen molar-refractivity contribution < 1.29 is 18.3 Å². The molecule has 0 saturated carbocycles. The molecule has 0 aliphatic carbocycles. The van der Waals surface area contributed by atoms with Crippen molar-refractivity contribution in [2.24, 2.45) is 0 Å². The Bertz CT molecular complexity index is 685. The number of alkyl halides is 1. The molecule has 0 aromatic heterocycles. The molecule has 2 fully saturated rings. The third kappa shape index (κ3) is 4.32. The summed E-state index contributed by atoms with van der Waals surface area (Å²) in [4.78, 5) is 16.3. The van der Waals surface area contributed by atoms with E-state index in [4.69, 9.17) is 4.74 Å². The summed E-state index contributed by atoms with van der Waals surface area (Å²) in [5.74, 6) is -0.325. The highest BCUT2D eigenvalue weighted by atomic mass is 19.1. The fourth-order valence-electron chi connectivity index (χ4n) is 4.22. The first kappa shape index (κ1) is 20.2. The molecule has 2 saturated heterocycles. The summed E-state index contributed by atoms with van der Waals surface area (Å²) in [6.07, 6.45) is 0.379. The summed E-state index contributed by atoms with van der Waals surface area (Å²) in [7, 11) is 0. The topological polar surface area (TPSA) is 32.8 Å². The zero-order chi connectivity index (χ0) is 19.8. The Morgan fingerprint density at radius 2 is 1.89 bits per heavy atom. The fraction of sp³-hybridized carbons (Fsp3) is 0.667. The van der Waals surface area contributed by atoms with Gasteiger partial charge in [-0.3, -0.25) is 9.69 Å². The van der Waals surface area contributed by atoms with Gasteiger partial charge in [-0.15, -0.1) is 0 Å². The predicted octanol–water partition coefficient (Wildman–Crippen LogP) is 3.54. The van der Waals surface area contributed by atoms with E-state index in [0.717, 1.165) is 0 Å². The van der Waals surface area contributed by atoms with Crippen LogP contribution in [0.4, 0.5) is 8.78 Å². The quantitative estimate of drug-likeness (QED) is 0.749. The number of hydrogen-bond acceptors (Lipinski definition) is 3. The van der Waals surface area contributed by atoms with E-state index in [2.05, 4.69) is 0 Å². The minimum absolute atomic E-state index is 0.0139. The van der Waals surface area contributed by atoms with Crippen LogP contribution < -0.4 is 0 Å². The van der Waals surface area contributed by atoms with Gasteiger partial charge in [0.1, 0.15) is 11.4 Å². The monoisotopic (exact) mass is 380 g/mol. The van der Waals surface area contributed by atoms with E-state index in [1.165, 1.54) is 12.1 Å². The first-order valence-electron chi connectivity index (χ1n) is 9.76. The maximum absolute atomic E-state index is 14.8. The van der Waals surface area contributed by atoms with Crippen LogP contribution in [-0.2, 0) is 16.0 Å². The molecule has 3 rings (SSSR count). The molecule has 4 nitrogen and oxygen atoms in total. The number of carbonyl (C=O) groups excluding carboxylic acids is 1. The van der Waals surface area contributed by atoms with E-state index in [1.54, 1.807) is 17.0 Å². The Labute approximate surface area is 160 Å².